The molecule has 23 heavy (non-hydrogen) atoms. The summed E-state index contributed by atoms with van der Waals surface area (Å²) in [6, 6.07) is 8.20. The van der Waals surface area contributed by atoms with Gasteiger partial charge in [-0.05, 0) is 30.3 Å². The molecule has 3 rings (SSSR count). The van der Waals surface area contributed by atoms with Gasteiger partial charge in [0.25, 0.3) is 10.0 Å². The Morgan fingerprint density at radius 2 is 1.87 bits per heavy atom. The SMILES string of the molecule is O=S(=O)(Nc1cc(Cl)ccc1N1CCOCC1)c1ccc(Cl)s1. The van der Waals surface area contributed by atoms with Crippen LogP contribution in [0.2, 0.25) is 9.36 Å². The molecular weight excluding hydrogens is 379 g/mol. The van der Waals surface area contributed by atoms with Crippen molar-refractivity contribution >= 4 is 55.9 Å². The van der Waals surface area contributed by atoms with Crippen LogP contribution in [0.25, 0.3) is 0 Å². The first kappa shape index (κ1) is 16.9. The van der Waals surface area contributed by atoms with E-state index in [1.54, 1.807) is 18.2 Å². The molecule has 2 aromatic rings. The lowest BCUT2D eigenvalue weighted by atomic mass is 10.2. The predicted molar refractivity (Wildman–Crippen MR) is 94.6 cm³/mol. The molecule has 0 saturated carbocycles. The molecular formula is C14H14Cl2N2O3S2. The van der Waals surface area contributed by atoms with Crippen molar-refractivity contribution in [3.05, 3.63) is 39.7 Å². The molecule has 2 heterocycles. The van der Waals surface area contributed by atoms with Gasteiger partial charge in [-0.2, -0.15) is 0 Å². The number of nitrogens with one attached hydrogen (secondary N) is 1. The standard InChI is InChI=1S/C14H14Cl2N2O3S2/c15-10-1-2-12(18-5-7-21-8-6-18)11(9-10)17-23(19,20)14-4-3-13(16)22-14/h1-4,9,17H,5-8H2. The summed E-state index contributed by atoms with van der Waals surface area (Å²) in [7, 11) is -3.70. The highest BCUT2D eigenvalue weighted by Gasteiger charge is 2.21. The van der Waals surface area contributed by atoms with E-state index < -0.39 is 10.0 Å². The van der Waals surface area contributed by atoms with Crippen molar-refractivity contribution in [2.45, 2.75) is 4.21 Å². The lowest BCUT2D eigenvalue weighted by molar-refractivity contribution is 0.123. The Labute approximate surface area is 148 Å². The van der Waals surface area contributed by atoms with Crippen molar-refractivity contribution in [1.82, 2.24) is 0 Å². The maximum absolute atomic E-state index is 12.5. The number of benzene rings is 1. The van der Waals surface area contributed by atoms with E-state index in [4.69, 9.17) is 27.9 Å². The Balaban J connectivity index is 1.93. The Morgan fingerprint density at radius 1 is 1.13 bits per heavy atom. The number of hydrogen-bond acceptors (Lipinski definition) is 5. The summed E-state index contributed by atoms with van der Waals surface area (Å²) < 4.78 is 33.6. The van der Waals surface area contributed by atoms with E-state index in [-0.39, 0.29) is 4.21 Å². The van der Waals surface area contributed by atoms with Gasteiger partial charge in [0, 0.05) is 18.1 Å². The minimum absolute atomic E-state index is 0.162. The average Bonchev–Trinajstić information content (AvgIpc) is 2.95. The quantitative estimate of drug-likeness (QED) is 0.861. The third kappa shape index (κ3) is 3.92. The number of halogens is 2. The van der Waals surface area contributed by atoms with E-state index in [1.807, 2.05) is 6.07 Å². The number of hydrogen-bond donors (Lipinski definition) is 1. The third-order valence-electron chi connectivity index (χ3n) is 3.37. The summed E-state index contributed by atoms with van der Waals surface area (Å²) in [4.78, 5) is 2.07. The molecule has 9 heteroatoms. The van der Waals surface area contributed by atoms with Gasteiger partial charge in [0.15, 0.2) is 0 Å². The van der Waals surface area contributed by atoms with Crippen LogP contribution in [-0.4, -0.2) is 34.7 Å². The van der Waals surface area contributed by atoms with Gasteiger partial charge in [-0.15, -0.1) is 11.3 Å². The molecule has 0 unspecified atom stereocenters. The molecule has 1 fully saturated rings. The largest absolute Gasteiger partial charge is 0.378 e. The van der Waals surface area contributed by atoms with Gasteiger partial charge in [-0.25, -0.2) is 8.42 Å². The summed E-state index contributed by atoms with van der Waals surface area (Å²) in [5.74, 6) is 0. The summed E-state index contributed by atoms with van der Waals surface area (Å²) in [6.45, 7) is 2.60. The van der Waals surface area contributed by atoms with Crippen LogP contribution in [0.15, 0.2) is 34.5 Å². The summed E-state index contributed by atoms with van der Waals surface area (Å²) in [5.41, 5.74) is 1.23. The molecule has 0 aliphatic carbocycles. The first-order chi connectivity index (χ1) is 11.0. The zero-order valence-corrected chi connectivity index (χ0v) is 15.1. The van der Waals surface area contributed by atoms with Gasteiger partial charge in [-0.3, -0.25) is 4.72 Å². The molecule has 5 nitrogen and oxygen atoms in total. The van der Waals surface area contributed by atoms with Crippen molar-refractivity contribution in [1.29, 1.82) is 0 Å². The molecule has 0 bridgehead atoms. The third-order valence-corrected chi connectivity index (χ3v) is 6.69. The normalized spacial score (nSPS) is 15.7. The van der Waals surface area contributed by atoms with Gasteiger partial charge in [0.2, 0.25) is 0 Å². The monoisotopic (exact) mass is 392 g/mol. The van der Waals surface area contributed by atoms with Crippen molar-refractivity contribution in [2.24, 2.45) is 0 Å². The lowest BCUT2D eigenvalue weighted by Crippen LogP contribution is -2.36. The fourth-order valence-electron chi connectivity index (χ4n) is 2.31. The second-order valence-corrected chi connectivity index (χ2v) is 8.99. The lowest BCUT2D eigenvalue weighted by Gasteiger charge is -2.30. The van der Waals surface area contributed by atoms with E-state index in [1.165, 1.54) is 6.07 Å². The Bertz CT molecular complexity index is 802. The highest BCUT2D eigenvalue weighted by molar-refractivity contribution is 7.94. The van der Waals surface area contributed by atoms with Gasteiger partial charge in [-0.1, -0.05) is 23.2 Å². The molecule has 0 radical (unpaired) electrons. The maximum Gasteiger partial charge on any atom is 0.271 e. The van der Waals surface area contributed by atoms with E-state index in [2.05, 4.69) is 9.62 Å². The van der Waals surface area contributed by atoms with Crippen LogP contribution in [-0.2, 0) is 14.8 Å². The number of ether oxygens (including phenoxy) is 1. The highest BCUT2D eigenvalue weighted by atomic mass is 35.5. The Kier molecular flexibility index (Phi) is 5.03. The average molecular weight is 393 g/mol. The minimum atomic E-state index is -3.70. The van der Waals surface area contributed by atoms with Crippen LogP contribution >= 0.6 is 34.5 Å². The van der Waals surface area contributed by atoms with Gasteiger partial charge >= 0.3 is 0 Å². The number of sulfonamides is 1. The number of rotatable bonds is 4. The van der Waals surface area contributed by atoms with Crippen molar-refractivity contribution in [3.63, 3.8) is 0 Å². The molecule has 0 atom stereocenters. The van der Waals surface area contributed by atoms with E-state index in [9.17, 15) is 8.42 Å². The van der Waals surface area contributed by atoms with Gasteiger partial charge in [0.1, 0.15) is 4.21 Å². The van der Waals surface area contributed by atoms with Gasteiger partial charge in [0.05, 0.1) is 28.9 Å². The van der Waals surface area contributed by atoms with Crippen molar-refractivity contribution < 1.29 is 13.2 Å². The number of nitrogens with zero attached hydrogens (tertiary/aromatic N) is 1. The predicted octanol–water partition coefficient (Wildman–Crippen LogP) is 3.69. The summed E-state index contributed by atoms with van der Waals surface area (Å²) in [5, 5.41) is 0.462. The Hall–Kier alpha value is -0.990. The summed E-state index contributed by atoms with van der Waals surface area (Å²) >= 11 is 12.9. The zero-order chi connectivity index (χ0) is 16.4. The molecule has 0 amide bonds. The molecule has 1 aromatic heterocycles. The number of anilines is 2. The van der Waals surface area contributed by atoms with E-state index in [0.29, 0.717) is 41.3 Å². The van der Waals surface area contributed by atoms with E-state index in [0.717, 1.165) is 17.0 Å². The Morgan fingerprint density at radius 3 is 2.52 bits per heavy atom. The smallest absolute Gasteiger partial charge is 0.271 e. The van der Waals surface area contributed by atoms with Crippen LogP contribution in [0, 0.1) is 0 Å². The molecule has 1 N–H and O–H groups in total. The van der Waals surface area contributed by atoms with Crippen LogP contribution in [0.4, 0.5) is 11.4 Å². The molecule has 1 aliphatic heterocycles. The van der Waals surface area contributed by atoms with Crippen LogP contribution in [0.1, 0.15) is 0 Å². The number of thiophene rings is 1. The van der Waals surface area contributed by atoms with Gasteiger partial charge < -0.3 is 9.64 Å². The second kappa shape index (κ2) is 6.86. The first-order valence-electron chi connectivity index (χ1n) is 6.86. The van der Waals surface area contributed by atoms with Crippen molar-refractivity contribution in [3.8, 4) is 0 Å². The van der Waals surface area contributed by atoms with E-state index >= 15 is 0 Å². The van der Waals surface area contributed by atoms with Crippen LogP contribution < -0.4 is 9.62 Å². The number of morpholine rings is 1. The molecule has 1 aliphatic rings. The molecule has 124 valence electrons. The summed E-state index contributed by atoms with van der Waals surface area (Å²) in [6.07, 6.45) is 0. The molecule has 1 aromatic carbocycles. The zero-order valence-electron chi connectivity index (χ0n) is 12.0. The minimum Gasteiger partial charge on any atom is -0.378 e. The van der Waals surface area contributed by atoms with Crippen LogP contribution in [0.3, 0.4) is 0 Å². The maximum atomic E-state index is 12.5. The highest BCUT2D eigenvalue weighted by Crippen LogP contribution is 2.33. The molecule has 1 saturated heterocycles. The second-order valence-electron chi connectivity index (χ2n) is 4.92. The van der Waals surface area contributed by atoms with Crippen molar-refractivity contribution in [2.75, 3.05) is 35.9 Å². The topological polar surface area (TPSA) is 58.6 Å². The molecule has 0 spiro atoms. The first-order valence-corrected chi connectivity index (χ1v) is 9.92. The fraction of sp³-hybridized carbons (Fsp3) is 0.286. The fourth-order valence-corrected chi connectivity index (χ4v) is 5.03. The van der Waals surface area contributed by atoms with Crippen LogP contribution in [0.5, 0.6) is 0 Å².